The normalized spacial score (nSPS) is 60.5. The van der Waals surface area contributed by atoms with Crippen molar-refractivity contribution in [1.82, 2.24) is 0 Å². The second-order valence-electron chi connectivity index (χ2n) is 9.71. The molecular formula is C19H26O5. The lowest BCUT2D eigenvalue weighted by Gasteiger charge is -2.43. The van der Waals surface area contributed by atoms with E-state index >= 15 is 0 Å². The first-order chi connectivity index (χ1) is 11.2. The van der Waals surface area contributed by atoms with E-state index in [2.05, 4.69) is 0 Å². The van der Waals surface area contributed by atoms with Crippen LogP contribution in [0.3, 0.4) is 0 Å². The number of ether oxygens (including phenoxy) is 1. The first kappa shape index (κ1) is 15.2. The summed E-state index contributed by atoms with van der Waals surface area (Å²) in [4.78, 5) is 25.1. The third-order valence-corrected chi connectivity index (χ3v) is 8.72. The van der Waals surface area contributed by atoms with Gasteiger partial charge in [0.1, 0.15) is 5.60 Å². The molecule has 5 fully saturated rings. The number of hydrogen-bond acceptors (Lipinski definition) is 4. The average Bonchev–Trinajstić information content (AvgIpc) is 2.88. The standard InChI is InChI=1S/C19H26O5/c1-16-6-3-7-19(24-15(16)22)11-5-4-10-8-18(11,9-17(10,2)23)12(13(16)19)14(20)21/h10-13,23H,3-9H2,1-2H3,(H,20,21)/t10-,11-,12-,13-,16+,17-,18?,19+/m1/s1. The lowest BCUT2D eigenvalue weighted by Crippen LogP contribution is -2.47. The minimum Gasteiger partial charge on any atom is -0.481 e. The highest BCUT2D eigenvalue weighted by Gasteiger charge is 2.82. The molecule has 0 aromatic rings. The second kappa shape index (κ2) is 4.00. The molecule has 5 nitrogen and oxygen atoms in total. The van der Waals surface area contributed by atoms with E-state index in [1.807, 2.05) is 13.8 Å². The lowest BCUT2D eigenvalue weighted by molar-refractivity contribution is -0.160. The van der Waals surface area contributed by atoms with Crippen molar-refractivity contribution in [2.75, 3.05) is 0 Å². The maximum absolute atomic E-state index is 12.7. The zero-order chi connectivity index (χ0) is 17.1. The zero-order valence-corrected chi connectivity index (χ0v) is 14.4. The molecule has 0 amide bonds. The van der Waals surface area contributed by atoms with Gasteiger partial charge in [0, 0.05) is 11.8 Å². The molecule has 0 radical (unpaired) electrons. The predicted molar refractivity (Wildman–Crippen MR) is 83.9 cm³/mol. The fraction of sp³-hybridized carbons (Fsp3) is 0.895. The van der Waals surface area contributed by atoms with Crippen LogP contribution in [0.5, 0.6) is 0 Å². The van der Waals surface area contributed by atoms with Gasteiger partial charge in [-0.05, 0) is 70.1 Å². The SMILES string of the molecule is C[C@@]1(O)CC23C[C@H]1CC[C@H]2[C@]12CCC[C@](C)(C(=O)O1)[C@H]2[C@@H]3C(=O)O. The van der Waals surface area contributed by atoms with Crippen LogP contribution in [0.15, 0.2) is 0 Å². The Labute approximate surface area is 141 Å². The van der Waals surface area contributed by atoms with Crippen molar-refractivity contribution in [2.45, 2.75) is 70.0 Å². The van der Waals surface area contributed by atoms with Crippen LogP contribution in [-0.2, 0) is 14.3 Å². The molecule has 24 heavy (non-hydrogen) atoms. The highest BCUT2D eigenvalue weighted by atomic mass is 16.6. The molecule has 8 atom stereocenters. The molecular weight excluding hydrogens is 308 g/mol. The van der Waals surface area contributed by atoms with Crippen LogP contribution < -0.4 is 0 Å². The van der Waals surface area contributed by atoms with Crippen LogP contribution in [-0.4, -0.2) is 33.4 Å². The van der Waals surface area contributed by atoms with Gasteiger partial charge in [-0.3, -0.25) is 9.59 Å². The van der Waals surface area contributed by atoms with Gasteiger partial charge in [0.2, 0.25) is 0 Å². The monoisotopic (exact) mass is 334 g/mol. The van der Waals surface area contributed by atoms with Crippen LogP contribution >= 0.6 is 0 Å². The molecule has 0 aromatic heterocycles. The van der Waals surface area contributed by atoms with Gasteiger partial charge >= 0.3 is 11.9 Å². The summed E-state index contributed by atoms with van der Waals surface area (Å²) < 4.78 is 6.08. The number of carbonyl (C=O) groups excluding carboxylic acids is 1. The molecule has 1 spiro atoms. The van der Waals surface area contributed by atoms with Crippen molar-refractivity contribution >= 4 is 11.9 Å². The third kappa shape index (κ3) is 1.36. The molecule has 1 saturated heterocycles. The first-order valence-electron chi connectivity index (χ1n) is 9.36. The van der Waals surface area contributed by atoms with Crippen LogP contribution in [0.25, 0.3) is 0 Å². The number of esters is 1. The summed E-state index contributed by atoms with van der Waals surface area (Å²) in [6.07, 6.45) is 5.55. The Morgan fingerprint density at radius 1 is 1.25 bits per heavy atom. The molecule has 4 bridgehead atoms. The summed E-state index contributed by atoms with van der Waals surface area (Å²) in [6.45, 7) is 3.80. The van der Waals surface area contributed by atoms with E-state index in [4.69, 9.17) is 4.74 Å². The minimum absolute atomic E-state index is 0.0902. The van der Waals surface area contributed by atoms with Crippen molar-refractivity contribution in [3.8, 4) is 0 Å². The van der Waals surface area contributed by atoms with E-state index in [0.29, 0.717) is 6.42 Å². The smallest absolute Gasteiger partial charge is 0.312 e. The van der Waals surface area contributed by atoms with Gasteiger partial charge in [-0.2, -0.15) is 0 Å². The molecule has 5 heteroatoms. The number of carboxylic acids is 1. The number of carbonyl (C=O) groups is 2. The number of fused-ring (bicyclic) bond motifs is 1. The van der Waals surface area contributed by atoms with Crippen LogP contribution in [0.4, 0.5) is 0 Å². The van der Waals surface area contributed by atoms with Gasteiger partial charge in [-0.1, -0.05) is 0 Å². The Balaban J connectivity index is 1.74. The van der Waals surface area contributed by atoms with Crippen molar-refractivity contribution in [1.29, 1.82) is 0 Å². The van der Waals surface area contributed by atoms with Gasteiger partial charge in [0.15, 0.2) is 0 Å². The lowest BCUT2D eigenvalue weighted by atomic mass is 9.60. The number of aliphatic hydroxyl groups is 1. The van der Waals surface area contributed by atoms with E-state index in [9.17, 15) is 19.8 Å². The molecule has 132 valence electrons. The summed E-state index contributed by atoms with van der Waals surface area (Å²) in [5, 5.41) is 21.1. The summed E-state index contributed by atoms with van der Waals surface area (Å²) >= 11 is 0. The van der Waals surface area contributed by atoms with E-state index in [1.54, 1.807) is 0 Å². The van der Waals surface area contributed by atoms with Gasteiger partial charge in [-0.15, -0.1) is 0 Å². The average molecular weight is 334 g/mol. The summed E-state index contributed by atoms with van der Waals surface area (Å²) in [5.41, 5.74) is -2.47. The topological polar surface area (TPSA) is 83.8 Å². The van der Waals surface area contributed by atoms with E-state index < -0.39 is 33.9 Å². The largest absolute Gasteiger partial charge is 0.481 e. The zero-order valence-electron chi connectivity index (χ0n) is 14.4. The molecule has 1 heterocycles. The van der Waals surface area contributed by atoms with Crippen LogP contribution in [0.2, 0.25) is 0 Å². The Morgan fingerprint density at radius 3 is 2.71 bits per heavy atom. The Hall–Kier alpha value is -1.10. The van der Waals surface area contributed by atoms with Gasteiger partial charge < -0.3 is 14.9 Å². The van der Waals surface area contributed by atoms with Crippen molar-refractivity contribution in [3.63, 3.8) is 0 Å². The fourth-order valence-electron chi connectivity index (χ4n) is 8.13. The van der Waals surface area contributed by atoms with Crippen molar-refractivity contribution < 1.29 is 24.5 Å². The molecule has 4 saturated carbocycles. The van der Waals surface area contributed by atoms with Crippen molar-refractivity contribution in [3.05, 3.63) is 0 Å². The Kier molecular flexibility index (Phi) is 2.53. The molecule has 1 unspecified atom stereocenters. The number of rotatable bonds is 1. The number of carboxylic acid groups (broad SMARTS) is 1. The second-order valence-corrected chi connectivity index (χ2v) is 9.71. The molecule has 0 aromatic carbocycles. The minimum atomic E-state index is -0.795. The fourth-order valence-corrected chi connectivity index (χ4v) is 8.13. The highest BCUT2D eigenvalue weighted by molar-refractivity contribution is 5.84. The van der Waals surface area contributed by atoms with Gasteiger partial charge in [0.25, 0.3) is 0 Å². The van der Waals surface area contributed by atoms with Gasteiger partial charge in [0.05, 0.1) is 16.9 Å². The summed E-state index contributed by atoms with van der Waals surface area (Å²) in [5.74, 6) is -1.52. The Morgan fingerprint density at radius 2 is 2.00 bits per heavy atom. The molecule has 4 aliphatic carbocycles. The highest BCUT2D eigenvalue weighted by Crippen LogP contribution is 2.78. The molecule has 5 rings (SSSR count). The molecule has 5 aliphatic rings. The predicted octanol–water partition coefficient (Wildman–Crippen LogP) is 2.36. The van der Waals surface area contributed by atoms with Crippen LogP contribution in [0, 0.1) is 34.5 Å². The summed E-state index contributed by atoms with van der Waals surface area (Å²) in [6, 6.07) is 0. The Bertz CT molecular complexity index is 656. The summed E-state index contributed by atoms with van der Waals surface area (Å²) in [7, 11) is 0. The van der Waals surface area contributed by atoms with Crippen molar-refractivity contribution in [2.24, 2.45) is 34.5 Å². The van der Waals surface area contributed by atoms with Gasteiger partial charge in [-0.25, -0.2) is 0 Å². The molecule has 1 aliphatic heterocycles. The number of aliphatic carboxylic acids is 1. The maximum atomic E-state index is 12.7. The van der Waals surface area contributed by atoms with E-state index in [0.717, 1.165) is 38.5 Å². The third-order valence-electron chi connectivity index (χ3n) is 8.72. The van der Waals surface area contributed by atoms with Crippen LogP contribution in [0.1, 0.15) is 58.8 Å². The first-order valence-corrected chi connectivity index (χ1v) is 9.36. The maximum Gasteiger partial charge on any atom is 0.312 e. The van der Waals surface area contributed by atoms with E-state index in [-0.39, 0.29) is 23.7 Å². The quantitative estimate of drug-likeness (QED) is 0.719. The van der Waals surface area contributed by atoms with E-state index in [1.165, 1.54) is 0 Å². The molecule has 2 N–H and O–H groups in total. The number of hydrogen-bond donors (Lipinski definition) is 2.